The van der Waals surface area contributed by atoms with Crippen molar-refractivity contribution in [2.24, 2.45) is 5.92 Å². The number of hydrogen-bond acceptors (Lipinski definition) is 5. The van der Waals surface area contributed by atoms with Crippen molar-refractivity contribution in [3.8, 4) is 0 Å². The molecule has 0 aromatic carbocycles. The van der Waals surface area contributed by atoms with Gasteiger partial charge >= 0.3 is 0 Å². The highest BCUT2D eigenvalue weighted by molar-refractivity contribution is 7.09. The third-order valence-electron chi connectivity index (χ3n) is 3.65. The lowest BCUT2D eigenvalue weighted by molar-refractivity contribution is 0.198. The Morgan fingerprint density at radius 3 is 2.67 bits per heavy atom. The quantitative estimate of drug-likeness (QED) is 0.891. The van der Waals surface area contributed by atoms with Gasteiger partial charge in [0.15, 0.2) is 0 Å². The van der Waals surface area contributed by atoms with Crippen LogP contribution < -0.4 is 5.32 Å². The smallest absolute Gasteiger partial charge is 0.202 e. The van der Waals surface area contributed by atoms with Gasteiger partial charge in [0.1, 0.15) is 5.82 Å². The summed E-state index contributed by atoms with van der Waals surface area (Å²) in [5.74, 6) is 2.17. The Morgan fingerprint density at radius 2 is 2.11 bits per heavy atom. The summed E-state index contributed by atoms with van der Waals surface area (Å²) in [5, 5.41) is 4.43. The number of rotatable bonds is 5. The lowest BCUT2D eigenvalue weighted by Gasteiger charge is -2.30. The first kappa shape index (κ1) is 13.7. The molecule has 0 unspecified atom stereocenters. The van der Waals surface area contributed by atoms with Crippen molar-refractivity contribution < 1.29 is 0 Å². The molecule has 1 N–H and O–H groups in total. The molecular weight excluding hydrogens is 244 g/mol. The van der Waals surface area contributed by atoms with Crippen LogP contribution in [0.5, 0.6) is 0 Å². The maximum absolute atomic E-state index is 4.51. The minimum absolute atomic E-state index is 0.421. The number of nitrogens with zero attached hydrogens (tertiary/aromatic N) is 3. The molecule has 0 spiro atoms. The number of piperidine rings is 1. The summed E-state index contributed by atoms with van der Waals surface area (Å²) in [6.07, 6.45) is 2.60. The third-order valence-corrected chi connectivity index (χ3v) is 4.34. The fraction of sp³-hybridized carbons (Fsp3) is 0.846. The van der Waals surface area contributed by atoms with Gasteiger partial charge in [-0.25, -0.2) is 4.98 Å². The molecule has 0 atom stereocenters. The van der Waals surface area contributed by atoms with Crippen molar-refractivity contribution >= 4 is 16.7 Å². The van der Waals surface area contributed by atoms with Gasteiger partial charge in [-0.2, -0.15) is 4.37 Å². The molecule has 1 aliphatic rings. The number of anilines is 1. The van der Waals surface area contributed by atoms with Crippen LogP contribution in [0.15, 0.2) is 0 Å². The second kappa shape index (κ2) is 6.48. The van der Waals surface area contributed by atoms with E-state index < -0.39 is 0 Å². The SMILES string of the molecule is CCN1CCC(CNc2nc(C(C)C)ns2)CC1. The number of aromatic nitrogens is 2. The first-order valence-corrected chi connectivity index (χ1v) is 7.76. The molecule has 1 aliphatic heterocycles. The van der Waals surface area contributed by atoms with E-state index in [9.17, 15) is 0 Å². The second-order valence-corrected chi connectivity index (χ2v) is 6.12. The lowest BCUT2D eigenvalue weighted by Crippen LogP contribution is -2.35. The van der Waals surface area contributed by atoms with E-state index in [0.717, 1.165) is 23.4 Å². The van der Waals surface area contributed by atoms with Gasteiger partial charge in [0, 0.05) is 24.0 Å². The van der Waals surface area contributed by atoms with E-state index in [-0.39, 0.29) is 0 Å². The molecule has 102 valence electrons. The first-order valence-electron chi connectivity index (χ1n) is 6.98. The monoisotopic (exact) mass is 268 g/mol. The summed E-state index contributed by atoms with van der Waals surface area (Å²) >= 11 is 1.49. The van der Waals surface area contributed by atoms with Crippen molar-refractivity contribution in [1.29, 1.82) is 0 Å². The van der Waals surface area contributed by atoms with Crippen molar-refractivity contribution in [3.05, 3.63) is 5.82 Å². The summed E-state index contributed by atoms with van der Waals surface area (Å²) in [4.78, 5) is 7.04. The maximum Gasteiger partial charge on any atom is 0.202 e. The minimum Gasteiger partial charge on any atom is -0.360 e. The van der Waals surface area contributed by atoms with Crippen LogP contribution in [-0.4, -0.2) is 40.4 Å². The number of hydrogen-bond donors (Lipinski definition) is 1. The zero-order valence-corrected chi connectivity index (χ0v) is 12.5. The van der Waals surface area contributed by atoms with Crippen LogP contribution >= 0.6 is 11.5 Å². The van der Waals surface area contributed by atoms with Gasteiger partial charge in [-0.15, -0.1) is 0 Å². The standard InChI is InChI=1S/C13H24N4S/c1-4-17-7-5-11(6-8-17)9-14-13-15-12(10(2)3)16-18-13/h10-11H,4-9H2,1-3H3,(H,14,15,16). The van der Waals surface area contributed by atoms with E-state index in [1.165, 1.54) is 44.0 Å². The molecule has 1 saturated heterocycles. The highest BCUT2D eigenvalue weighted by atomic mass is 32.1. The number of nitrogens with one attached hydrogen (secondary N) is 1. The van der Waals surface area contributed by atoms with E-state index in [2.05, 4.69) is 40.3 Å². The molecule has 1 aromatic rings. The lowest BCUT2D eigenvalue weighted by atomic mass is 9.97. The third kappa shape index (κ3) is 3.65. The van der Waals surface area contributed by atoms with Gasteiger partial charge in [-0.1, -0.05) is 20.8 Å². The van der Waals surface area contributed by atoms with Gasteiger partial charge in [-0.3, -0.25) is 0 Å². The van der Waals surface area contributed by atoms with E-state index >= 15 is 0 Å². The van der Waals surface area contributed by atoms with Crippen molar-refractivity contribution in [3.63, 3.8) is 0 Å². The molecule has 2 rings (SSSR count). The van der Waals surface area contributed by atoms with E-state index in [4.69, 9.17) is 0 Å². The van der Waals surface area contributed by atoms with Crippen LogP contribution in [0.2, 0.25) is 0 Å². The van der Waals surface area contributed by atoms with Crippen LogP contribution in [0.1, 0.15) is 45.4 Å². The van der Waals surface area contributed by atoms with Crippen molar-refractivity contribution in [2.45, 2.75) is 39.5 Å². The van der Waals surface area contributed by atoms with Crippen molar-refractivity contribution in [1.82, 2.24) is 14.3 Å². The predicted octanol–water partition coefficient (Wildman–Crippen LogP) is 2.81. The summed E-state index contributed by atoms with van der Waals surface area (Å²) in [7, 11) is 0. The van der Waals surface area contributed by atoms with Crippen LogP contribution in [0, 0.1) is 5.92 Å². The average Bonchev–Trinajstić information content (AvgIpc) is 2.86. The number of likely N-dealkylation sites (tertiary alicyclic amines) is 1. The molecule has 1 aromatic heterocycles. The molecule has 2 heterocycles. The molecule has 4 nitrogen and oxygen atoms in total. The Balaban J connectivity index is 1.74. The zero-order valence-electron chi connectivity index (χ0n) is 11.6. The Hall–Kier alpha value is -0.680. The molecule has 0 amide bonds. The van der Waals surface area contributed by atoms with E-state index in [1.54, 1.807) is 0 Å². The summed E-state index contributed by atoms with van der Waals surface area (Å²) in [6, 6.07) is 0. The molecule has 0 saturated carbocycles. The van der Waals surface area contributed by atoms with Gasteiger partial charge in [0.2, 0.25) is 5.13 Å². The minimum atomic E-state index is 0.421. The summed E-state index contributed by atoms with van der Waals surface area (Å²) in [5.41, 5.74) is 0. The molecular formula is C13H24N4S. The van der Waals surface area contributed by atoms with Gasteiger partial charge in [0.25, 0.3) is 0 Å². The Kier molecular flexibility index (Phi) is 4.95. The Bertz CT molecular complexity index is 356. The van der Waals surface area contributed by atoms with Gasteiger partial charge in [0.05, 0.1) is 0 Å². The predicted molar refractivity (Wildman–Crippen MR) is 77.3 cm³/mol. The topological polar surface area (TPSA) is 41.0 Å². The Morgan fingerprint density at radius 1 is 1.39 bits per heavy atom. The largest absolute Gasteiger partial charge is 0.360 e. The molecule has 18 heavy (non-hydrogen) atoms. The highest BCUT2D eigenvalue weighted by Gasteiger charge is 2.18. The molecule has 0 aliphatic carbocycles. The average molecular weight is 268 g/mol. The fourth-order valence-electron chi connectivity index (χ4n) is 2.28. The fourth-order valence-corrected chi connectivity index (χ4v) is 2.99. The zero-order chi connectivity index (χ0) is 13.0. The molecule has 5 heteroatoms. The van der Waals surface area contributed by atoms with Crippen LogP contribution in [0.4, 0.5) is 5.13 Å². The summed E-state index contributed by atoms with van der Waals surface area (Å²) < 4.78 is 4.36. The van der Waals surface area contributed by atoms with Crippen LogP contribution in [-0.2, 0) is 0 Å². The first-order chi connectivity index (χ1) is 8.69. The summed E-state index contributed by atoms with van der Waals surface area (Å²) in [6.45, 7) is 11.2. The Labute approximate surface area is 114 Å². The van der Waals surface area contributed by atoms with Gasteiger partial charge < -0.3 is 10.2 Å². The molecule has 1 fully saturated rings. The van der Waals surface area contributed by atoms with Crippen molar-refractivity contribution in [2.75, 3.05) is 31.5 Å². The highest BCUT2D eigenvalue weighted by Crippen LogP contribution is 2.20. The normalized spacial score (nSPS) is 18.4. The van der Waals surface area contributed by atoms with Crippen LogP contribution in [0.25, 0.3) is 0 Å². The maximum atomic E-state index is 4.51. The molecule has 0 radical (unpaired) electrons. The van der Waals surface area contributed by atoms with E-state index in [1.807, 2.05) is 0 Å². The van der Waals surface area contributed by atoms with Crippen LogP contribution in [0.3, 0.4) is 0 Å². The molecule has 0 bridgehead atoms. The second-order valence-electron chi connectivity index (χ2n) is 5.37. The van der Waals surface area contributed by atoms with E-state index in [0.29, 0.717) is 5.92 Å². The van der Waals surface area contributed by atoms with Gasteiger partial charge in [-0.05, 0) is 38.4 Å².